The highest BCUT2D eigenvalue weighted by Crippen LogP contribution is 2.09. The van der Waals surface area contributed by atoms with Crippen LogP contribution >= 0.6 is 0 Å². The largest absolute Gasteiger partial charge is 0.0991 e. The summed E-state index contributed by atoms with van der Waals surface area (Å²) in [5.41, 5.74) is 2.05. The van der Waals surface area contributed by atoms with Crippen molar-refractivity contribution in [3.8, 4) is 0 Å². The van der Waals surface area contributed by atoms with Gasteiger partial charge in [0, 0.05) is 0 Å². The molecule has 0 heterocycles. The van der Waals surface area contributed by atoms with Crippen molar-refractivity contribution in [2.45, 2.75) is 34.1 Å². The molecule has 17 heavy (non-hydrogen) atoms. The number of hydrogen-bond donors (Lipinski definition) is 0. The van der Waals surface area contributed by atoms with E-state index in [0.29, 0.717) is 0 Å². The molecule has 0 spiro atoms. The van der Waals surface area contributed by atoms with Crippen LogP contribution in [-0.4, -0.2) is 0 Å². The summed E-state index contributed by atoms with van der Waals surface area (Å²) in [4.78, 5) is 0. The minimum atomic E-state index is 0.786. The molecule has 0 bridgehead atoms. The zero-order chi connectivity index (χ0) is 14.1. The molecule has 0 aromatic heterocycles. The lowest BCUT2D eigenvalue weighted by atomic mass is 10.1. The zero-order valence-electron chi connectivity index (χ0n) is 12.0. The molecule has 0 saturated carbocycles. The summed E-state index contributed by atoms with van der Waals surface area (Å²) >= 11 is 0. The fourth-order valence-corrected chi connectivity index (χ4v) is 0.818. The second kappa shape index (κ2) is 19.9. The highest BCUT2D eigenvalue weighted by Gasteiger charge is 1.89. The van der Waals surface area contributed by atoms with E-state index in [9.17, 15) is 0 Å². The third kappa shape index (κ3) is 20.5. The van der Waals surface area contributed by atoms with Crippen LogP contribution in [0.3, 0.4) is 0 Å². The first-order valence-electron chi connectivity index (χ1n) is 6.14. The maximum absolute atomic E-state index is 3.89. The Kier molecular flexibility index (Phi) is 24.4. The van der Waals surface area contributed by atoms with Gasteiger partial charge < -0.3 is 0 Å². The first kappa shape index (κ1) is 20.8. The summed E-state index contributed by atoms with van der Waals surface area (Å²) in [6, 6.07) is 0. The monoisotopic (exact) mass is 232 g/mol. The van der Waals surface area contributed by atoms with Crippen molar-refractivity contribution >= 4 is 0 Å². The van der Waals surface area contributed by atoms with Gasteiger partial charge in [-0.25, -0.2) is 0 Å². The van der Waals surface area contributed by atoms with E-state index in [2.05, 4.69) is 26.3 Å². The predicted octanol–water partition coefficient (Wildman–Crippen LogP) is 6.03. The standard InChI is InChI=1S/C13H16.2C2H6/c1-5-7-9-12(3)11-13(4)10-8-6-2;2*1-2/h5-10H,1-4,11H2;2*1-2H3/b9-7-,10-8-;;. The summed E-state index contributed by atoms with van der Waals surface area (Å²) in [5.74, 6) is 0. The first-order valence-corrected chi connectivity index (χ1v) is 6.14. The van der Waals surface area contributed by atoms with E-state index in [0.717, 1.165) is 17.6 Å². The molecule has 0 heteroatoms. The summed E-state index contributed by atoms with van der Waals surface area (Å²) in [6.07, 6.45) is 11.8. The molecule has 0 rings (SSSR count). The third-order valence-corrected chi connectivity index (χ3v) is 1.39. The predicted molar refractivity (Wildman–Crippen MR) is 84.3 cm³/mol. The maximum atomic E-state index is 3.89. The van der Waals surface area contributed by atoms with Crippen LogP contribution in [0.1, 0.15) is 34.1 Å². The normalized spacial score (nSPS) is 8.71. The Labute approximate surface area is 108 Å². The van der Waals surface area contributed by atoms with E-state index in [1.807, 2.05) is 52.0 Å². The average Bonchev–Trinajstić information content (AvgIpc) is 2.38. The molecule has 0 aliphatic rings. The van der Waals surface area contributed by atoms with Crippen LogP contribution in [0, 0.1) is 0 Å². The Bertz CT molecular complexity index is 234. The van der Waals surface area contributed by atoms with Crippen LogP contribution in [0.2, 0.25) is 0 Å². The van der Waals surface area contributed by atoms with Crippen molar-refractivity contribution in [1.82, 2.24) is 0 Å². The van der Waals surface area contributed by atoms with Gasteiger partial charge in [-0.3, -0.25) is 0 Å². The third-order valence-electron chi connectivity index (χ3n) is 1.39. The fraction of sp³-hybridized carbons (Fsp3) is 0.294. The Hall–Kier alpha value is -1.56. The molecule has 0 aromatic carbocycles. The molecule has 0 radical (unpaired) electrons. The van der Waals surface area contributed by atoms with Crippen molar-refractivity contribution in [3.63, 3.8) is 0 Å². The molecule has 0 unspecified atom stereocenters. The van der Waals surface area contributed by atoms with Crippen molar-refractivity contribution in [1.29, 1.82) is 0 Å². The van der Waals surface area contributed by atoms with Crippen molar-refractivity contribution in [3.05, 3.63) is 73.9 Å². The SMILES string of the molecule is C=C/C=C\C(=C)CC(=C)/C=C\C=C.CC.CC. The molecule has 0 nitrogen and oxygen atoms in total. The molecule has 0 aromatic rings. The van der Waals surface area contributed by atoms with E-state index in [-0.39, 0.29) is 0 Å². The lowest BCUT2D eigenvalue weighted by molar-refractivity contribution is 1.23. The topological polar surface area (TPSA) is 0 Å². The minimum Gasteiger partial charge on any atom is -0.0991 e. The molecular weight excluding hydrogens is 204 g/mol. The van der Waals surface area contributed by atoms with Gasteiger partial charge in [-0.1, -0.05) is 102 Å². The molecule has 0 amide bonds. The lowest BCUT2D eigenvalue weighted by Gasteiger charge is -1.98. The van der Waals surface area contributed by atoms with Crippen LogP contribution in [0.15, 0.2) is 73.9 Å². The molecule has 0 fully saturated rings. The Morgan fingerprint density at radius 2 is 1.06 bits per heavy atom. The first-order chi connectivity index (χ1) is 8.20. The van der Waals surface area contributed by atoms with Crippen molar-refractivity contribution < 1.29 is 0 Å². The number of hydrogen-bond acceptors (Lipinski definition) is 0. The Morgan fingerprint density at radius 3 is 1.29 bits per heavy atom. The second-order valence-electron chi connectivity index (χ2n) is 2.68. The van der Waals surface area contributed by atoms with Crippen LogP contribution in [0.25, 0.3) is 0 Å². The van der Waals surface area contributed by atoms with E-state index in [1.54, 1.807) is 12.2 Å². The molecule has 0 aliphatic heterocycles. The highest BCUT2D eigenvalue weighted by molar-refractivity contribution is 5.29. The van der Waals surface area contributed by atoms with E-state index < -0.39 is 0 Å². The van der Waals surface area contributed by atoms with Gasteiger partial charge in [0.1, 0.15) is 0 Å². The van der Waals surface area contributed by atoms with Crippen LogP contribution in [0.5, 0.6) is 0 Å². The average molecular weight is 232 g/mol. The lowest BCUT2D eigenvalue weighted by Crippen LogP contribution is -1.78. The molecule has 0 saturated heterocycles. The zero-order valence-corrected chi connectivity index (χ0v) is 12.0. The molecule has 0 N–H and O–H groups in total. The smallest absolute Gasteiger partial charge is 0.00375 e. The Morgan fingerprint density at radius 1 is 0.765 bits per heavy atom. The van der Waals surface area contributed by atoms with Gasteiger partial charge in [0.15, 0.2) is 0 Å². The number of rotatable bonds is 6. The summed E-state index contributed by atoms with van der Waals surface area (Å²) < 4.78 is 0. The Balaban J connectivity index is -0.000000439. The van der Waals surface area contributed by atoms with E-state index >= 15 is 0 Å². The van der Waals surface area contributed by atoms with Gasteiger partial charge in [-0.15, -0.1) is 0 Å². The van der Waals surface area contributed by atoms with Gasteiger partial charge in [0.25, 0.3) is 0 Å². The van der Waals surface area contributed by atoms with Gasteiger partial charge >= 0.3 is 0 Å². The van der Waals surface area contributed by atoms with Crippen molar-refractivity contribution in [2.24, 2.45) is 0 Å². The quantitative estimate of drug-likeness (QED) is 0.491. The summed E-state index contributed by atoms with van der Waals surface area (Å²) in [7, 11) is 0. The van der Waals surface area contributed by atoms with Crippen molar-refractivity contribution in [2.75, 3.05) is 0 Å². The van der Waals surface area contributed by atoms with E-state index in [4.69, 9.17) is 0 Å². The minimum absolute atomic E-state index is 0.786. The van der Waals surface area contributed by atoms with Gasteiger partial charge in [0.2, 0.25) is 0 Å². The van der Waals surface area contributed by atoms with Crippen LogP contribution < -0.4 is 0 Å². The molecule has 96 valence electrons. The summed E-state index contributed by atoms with van der Waals surface area (Å²) in [5, 5.41) is 0. The van der Waals surface area contributed by atoms with E-state index in [1.165, 1.54) is 0 Å². The fourth-order valence-electron chi connectivity index (χ4n) is 0.818. The second-order valence-corrected chi connectivity index (χ2v) is 2.68. The molecule has 0 atom stereocenters. The van der Waals surface area contributed by atoms with Crippen LogP contribution in [0.4, 0.5) is 0 Å². The molecule has 0 aliphatic carbocycles. The highest BCUT2D eigenvalue weighted by atomic mass is 14.0. The van der Waals surface area contributed by atoms with Gasteiger partial charge in [-0.2, -0.15) is 0 Å². The van der Waals surface area contributed by atoms with Crippen LogP contribution in [-0.2, 0) is 0 Å². The summed E-state index contributed by atoms with van der Waals surface area (Å²) in [6.45, 7) is 22.9. The maximum Gasteiger partial charge on any atom is -0.00375 e. The van der Waals surface area contributed by atoms with Gasteiger partial charge in [0.05, 0.1) is 0 Å². The van der Waals surface area contributed by atoms with Gasteiger partial charge in [-0.05, 0) is 6.42 Å². The molecular formula is C17H28. The number of allylic oxidation sites excluding steroid dienone is 8.